The molecule has 0 fully saturated rings. The van der Waals surface area contributed by atoms with Crippen LogP contribution in [0.25, 0.3) is 0 Å². The van der Waals surface area contributed by atoms with Crippen LogP contribution in [0.4, 0.5) is 16.2 Å². The zero-order valence-electron chi connectivity index (χ0n) is 12.9. The fourth-order valence-corrected chi connectivity index (χ4v) is 1.95. The van der Waals surface area contributed by atoms with Crippen LogP contribution in [-0.4, -0.2) is 18.0 Å². The summed E-state index contributed by atoms with van der Waals surface area (Å²) in [7, 11) is 0. The molecular weight excluding hydrogens is 278 g/mol. The van der Waals surface area contributed by atoms with E-state index < -0.39 is 11.7 Å². The van der Waals surface area contributed by atoms with Gasteiger partial charge >= 0.3 is 6.09 Å². The number of amides is 1. The van der Waals surface area contributed by atoms with E-state index >= 15 is 0 Å². The molecule has 2 aromatic rings. The minimum absolute atomic E-state index is 0.461. The number of carbonyl (C=O) groups excluding carboxylic acids is 2. The fourth-order valence-electron chi connectivity index (χ4n) is 1.95. The normalized spacial score (nSPS) is 10.9. The number of hydrogen-bond acceptors (Lipinski definition) is 3. The van der Waals surface area contributed by atoms with Crippen LogP contribution in [-0.2, 0) is 4.74 Å². The van der Waals surface area contributed by atoms with Gasteiger partial charge in [0.1, 0.15) is 11.9 Å². The third-order valence-electron chi connectivity index (χ3n) is 2.88. The van der Waals surface area contributed by atoms with Crippen molar-refractivity contribution in [1.29, 1.82) is 0 Å². The molecule has 22 heavy (non-hydrogen) atoms. The lowest BCUT2D eigenvalue weighted by Gasteiger charge is -2.27. The molecule has 0 aliphatic carbocycles. The third kappa shape index (κ3) is 3.95. The first-order valence-electron chi connectivity index (χ1n) is 7.04. The molecule has 0 bridgehead atoms. The highest BCUT2D eigenvalue weighted by atomic mass is 16.6. The summed E-state index contributed by atoms with van der Waals surface area (Å²) in [5.74, 6) is 0. The van der Waals surface area contributed by atoms with Crippen molar-refractivity contribution in [1.82, 2.24) is 0 Å². The van der Waals surface area contributed by atoms with Crippen LogP contribution < -0.4 is 4.90 Å². The van der Waals surface area contributed by atoms with Crippen molar-refractivity contribution in [3.63, 3.8) is 0 Å². The van der Waals surface area contributed by atoms with Crippen molar-refractivity contribution >= 4 is 23.8 Å². The highest BCUT2D eigenvalue weighted by molar-refractivity contribution is 5.96. The molecule has 0 aromatic heterocycles. The molecule has 4 heteroatoms. The van der Waals surface area contributed by atoms with Gasteiger partial charge in [-0.05, 0) is 57.2 Å². The standard InChI is InChI=1S/C18H19NO3/c1-18(2,3)22-17(21)19(15-7-5-4-6-8-15)16-11-9-14(13-20)10-12-16/h4-13H,1-3H3. The van der Waals surface area contributed by atoms with Crippen LogP contribution in [0, 0.1) is 0 Å². The first kappa shape index (κ1) is 15.8. The Balaban J connectivity index is 2.41. The van der Waals surface area contributed by atoms with Gasteiger partial charge in [0.2, 0.25) is 0 Å². The summed E-state index contributed by atoms with van der Waals surface area (Å²) in [6, 6.07) is 16.0. The molecular formula is C18H19NO3. The largest absolute Gasteiger partial charge is 0.443 e. The molecule has 0 radical (unpaired) electrons. The van der Waals surface area contributed by atoms with E-state index in [0.717, 1.165) is 6.29 Å². The van der Waals surface area contributed by atoms with Gasteiger partial charge in [0, 0.05) is 5.56 Å². The van der Waals surface area contributed by atoms with Crippen molar-refractivity contribution in [2.24, 2.45) is 0 Å². The highest BCUT2D eigenvalue weighted by Gasteiger charge is 2.24. The summed E-state index contributed by atoms with van der Waals surface area (Å²) in [6.07, 6.45) is 0.307. The molecule has 114 valence electrons. The lowest BCUT2D eigenvalue weighted by atomic mass is 10.2. The van der Waals surface area contributed by atoms with Crippen LogP contribution in [0.5, 0.6) is 0 Å². The first-order chi connectivity index (χ1) is 10.4. The Labute approximate surface area is 130 Å². The Morgan fingerprint density at radius 3 is 2.00 bits per heavy atom. The predicted molar refractivity (Wildman–Crippen MR) is 86.6 cm³/mol. The second kappa shape index (κ2) is 6.43. The van der Waals surface area contributed by atoms with Crippen LogP contribution in [0.2, 0.25) is 0 Å². The van der Waals surface area contributed by atoms with Gasteiger partial charge in [-0.2, -0.15) is 0 Å². The predicted octanol–water partition coefficient (Wildman–Crippen LogP) is 4.57. The maximum absolute atomic E-state index is 12.5. The van der Waals surface area contributed by atoms with Gasteiger partial charge in [0.25, 0.3) is 0 Å². The summed E-state index contributed by atoms with van der Waals surface area (Å²) >= 11 is 0. The minimum atomic E-state index is -0.590. The zero-order chi connectivity index (χ0) is 16.2. The first-order valence-corrected chi connectivity index (χ1v) is 7.04. The van der Waals surface area contributed by atoms with E-state index in [1.807, 2.05) is 51.1 Å². The average Bonchev–Trinajstić information content (AvgIpc) is 2.47. The number of nitrogens with zero attached hydrogens (tertiary/aromatic N) is 1. The number of benzene rings is 2. The Morgan fingerprint density at radius 1 is 0.955 bits per heavy atom. The average molecular weight is 297 g/mol. The van der Waals surface area contributed by atoms with Crippen LogP contribution >= 0.6 is 0 Å². The summed E-state index contributed by atoms with van der Waals surface area (Å²) < 4.78 is 5.48. The van der Waals surface area contributed by atoms with E-state index in [-0.39, 0.29) is 0 Å². The molecule has 1 amide bonds. The summed E-state index contributed by atoms with van der Waals surface area (Å²) in [4.78, 5) is 24.8. The zero-order valence-corrected chi connectivity index (χ0v) is 12.9. The Morgan fingerprint density at radius 2 is 1.50 bits per heavy atom. The number of carbonyl (C=O) groups is 2. The molecule has 0 saturated heterocycles. The molecule has 0 unspecified atom stereocenters. The molecule has 0 atom stereocenters. The Bertz CT molecular complexity index is 642. The fraction of sp³-hybridized carbons (Fsp3) is 0.222. The monoisotopic (exact) mass is 297 g/mol. The number of ether oxygens (including phenoxy) is 1. The van der Waals surface area contributed by atoms with Gasteiger partial charge in [-0.1, -0.05) is 18.2 Å². The minimum Gasteiger partial charge on any atom is -0.443 e. The van der Waals surface area contributed by atoms with E-state index in [0.29, 0.717) is 16.9 Å². The smallest absolute Gasteiger partial charge is 0.419 e. The summed E-state index contributed by atoms with van der Waals surface area (Å²) in [5.41, 5.74) is 1.31. The van der Waals surface area contributed by atoms with Gasteiger partial charge < -0.3 is 4.74 Å². The molecule has 2 aromatic carbocycles. The Kier molecular flexibility index (Phi) is 4.61. The lowest BCUT2D eigenvalue weighted by Crippen LogP contribution is -2.33. The van der Waals surface area contributed by atoms with Crippen molar-refractivity contribution in [2.75, 3.05) is 4.90 Å². The molecule has 0 aliphatic rings. The quantitative estimate of drug-likeness (QED) is 0.779. The molecule has 0 spiro atoms. The van der Waals surface area contributed by atoms with Gasteiger partial charge in [0.05, 0.1) is 11.4 Å². The number of aldehydes is 1. The SMILES string of the molecule is CC(C)(C)OC(=O)N(c1ccccc1)c1ccc(C=O)cc1. The highest BCUT2D eigenvalue weighted by Crippen LogP contribution is 2.27. The van der Waals surface area contributed by atoms with Gasteiger partial charge in [-0.25, -0.2) is 9.69 Å². The van der Waals surface area contributed by atoms with Crippen LogP contribution in [0.1, 0.15) is 31.1 Å². The molecule has 0 N–H and O–H groups in total. The second-order valence-corrected chi connectivity index (χ2v) is 5.86. The van der Waals surface area contributed by atoms with Crippen molar-refractivity contribution < 1.29 is 14.3 Å². The lowest BCUT2D eigenvalue weighted by molar-refractivity contribution is 0.0599. The molecule has 0 heterocycles. The molecule has 0 saturated carbocycles. The number of hydrogen-bond donors (Lipinski definition) is 0. The molecule has 2 rings (SSSR count). The number of anilines is 2. The third-order valence-corrected chi connectivity index (χ3v) is 2.88. The van der Waals surface area contributed by atoms with E-state index in [1.54, 1.807) is 24.3 Å². The van der Waals surface area contributed by atoms with E-state index in [1.165, 1.54) is 4.90 Å². The summed E-state index contributed by atoms with van der Waals surface area (Å²) in [6.45, 7) is 5.47. The van der Waals surface area contributed by atoms with Gasteiger partial charge in [0.15, 0.2) is 0 Å². The maximum atomic E-state index is 12.5. The van der Waals surface area contributed by atoms with E-state index in [2.05, 4.69) is 0 Å². The van der Waals surface area contributed by atoms with E-state index in [4.69, 9.17) is 4.74 Å². The molecule has 4 nitrogen and oxygen atoms in total. The van der Waals surface area contributed by atoms with Crippen molar-refractivity contribution in [2.45, 2.75) is 26.4 Å². The number of para-hydroxylation sites is 1. The molecule has 0 aliphatic heterocycles. The Hall–Kier alpha value is -2.62. The maximum Gasteiger partial charge on any atom is 0.419 e. The van der Waals surface area contributed by atoms with Gasteiger partial charge in [-0.3, -0.25) is 4.79 Å². The summed E-state index contributed by atoms with van der Waals surface area (Å²) in [5, 5.41) is 0. The van der Waals surface area contributed by atoms with Crippen LogP contribution in [0.15, 0.2) is 54.6 Å². The number of rotatable bonds is 3. The van der Waals surface area contributed by atoms with Crippen LogP contribution in [0.3, 0.4) is 0 Å². The van der Waals surface area contributed by atoms with Crippen molar-refractivity contribution in [3.05, 3.63) is 60.2 Å². The van der Waals surface area contributed by atoms with Crippen molar-refractivity contribution in [3.8, 4) is 0 Å². The topological polar surface area (TPSA) is 46.6 Å². The van der Waals surface area contributed by atoms with E-state index in [9.17, 15) is 9.59 Å². The van der Waals surface area contributed by atoms with Gasteiger partial charge in [-0.15, -0.1) is 0 Å². The second-order valence-electron chi connectivity index (χ2n) is 5.86.